The number of benzene rings is 3. The predicted octanol–water partition coefficient (Wildman–Crippen LogP) is 5.07. The van der Waals surface area contributed by atoms with Crippen molar-refractivity contribution in [2.75, 3.05) is 13.3 Å². The van der Waals surface area contributed by atoms with Crippen LogP contribution in [-0.2, 0) is 0 Å². The van der Waals surface area contributed by atoms with Crippen molar-refractivity contribution in [3.05, 3.63) is 89.1 Å². The average Bonchev–Trinajstić information content (AvgIpc) is 3.42. The summed E-state index contributed by atoms with van der Waals surface area (Å²) < 4.78 is 12.8. The van der Waals surface area contributed by atoms with Crippen molar-refractivity contribution in [3.63, 3.8) is 0 Å². The number of rotatable bonds is 5. The lowest BCUT2D eigenvalue weighted by Gasteiger charge is -2.07. The van der Waals surface area contributed by atoms with Gasteiger partial charge in [-0.15, -0.1) is 17.9 Å². The minimum absolute atomic E-state index is 0.255. The van der Waals surface area contributed by atoms with Gasteiger partial charge >= 0.3 is 0 Å². The van der Waals surface area contributed by atoms with Crippen molar-refractivity contribution in [2.45, 2.75) is 0 Å². The molecule has 148 valence electrons. The quantitative estimate of drug-likeness (QED) is 0.339. The highest BCUT2D eigenvalue weighted by atomic mass is 32.1. The Hall–Kier alpha value is -3.64. The van der Waals surface area contributed by atoms with E-state index in [4.69, 9.17) is 14.6 Å². The highest BCUT2D eigenvalue weighted by Crippen LogP contribution is 2.32. The van der Waals surface area contributed by atoms with E-state index in [0.29, 0.717) is 6.54 Å². The minimum atomic E-state index is 0.255. The van der Waals surface area contributed by atoms with Crippen LogP contribution < -0.4 is 14.3 Å². The zero-order chi connectivity index (χ0) is 20.3. The number of hydrogen-bond donors (Lipinski definition) is 0. The van der Waals surface area contributed by atoms with Gasteiger partial charge in [0.25, 0.3) is 0 Å². The molecule has 30 heavy (non-hydrogen) atoms. The molecule has 6 heteroatoms. The second kappa shape index (κ2) is 8.00. The summed E-state index contributed by atoms with van der Waals surface area (Å²) in [4.78, 5) is 5.44. The van der Waals surface area contributed by atoms with E-state index >= 15 is 0 Å². The molecule has 1 aliphatic heterocycles. The van der Waals surface area contributed by atoms with E-state index < -0.39 is 0 Å². The average molecular weight is 414 g/mol. The van der Waals surface area contributed by atoms with E-state index in [2.05, 4.69) is 59.4 Å². The smallest absolute Gasteiger partial charge is 0.231 e. The summed E-state index contributed by atoms with van der Waals surface area (Å²) in [5.41, 5.74) is 3.04. The van der Waals surface area contributed by atoms with Crippen LogP contribution in [0.15, 0.2) is 88.8 Å². The Morgan fingerprint density at radius 2 is 1.90 bits per heavy atom. The molecule has 0 saturated heterocycles. The standard InChI is InChI=1S/C24H19N3O2S/c1-2-12-25-24-27(26-14-17-10-11-22-23(13-17)29-16-28-22)21(15-30-24)20-9-5-7-18-6-3-4-8-19(18)20/h2-11,13-15H,1,12,16H2. The Kier molecular flexibility index (Phi) is 4.91. The Morgan fingerprint density at radius 1 is 1.03 bits per heavy atom. The number of hydrogen-bond acceptors (Lipinski definition) is 5. The number of thiazole rings is 1. The van der Waals surface area contributed by atoms with E-state index in [-0.39, 0.29) is 6.79 Å². The first kappa shape index (κ1) is 18.4. The first-order valence-electron chi connectivity index (χ1n) is 9.57. The molecule has 0 fully saturated rings. The zero-order valence-electron chi connectivity index (χ0n) is 16.2. The third-order valence-electron chi connectivity index (χ3n) is 4.83. The van der Waals surface area contributed by atoms with Gasteiger partial charge in [0.15, 0.2) is 11.5 Å². The van der Waals surface area contributed by atoms with Gasteiger partial charge in [-0.05, 0) is 34.5 Å². The Bertz CT molecular complexity index is 1330. The summed E-state index contributed by atoms with van der Waals surface area (Å²) in [6, 6.07) is 20.5. The number of fused-ring (bicyclic) bond motifs is 2. The highest BCUT2D eigenvalue weighted by molar-refractivity contribution is 7.07. The summed E-state index contributed by atoms with van der Waals surface area (Å²) in [6.07, 6.45) is 3.60. The van der Waals surface area contributed by atoms with Gasteiger partial charge in [0.1, 0.15) is 0 Å². The van der Waals surface area contributed by atoms with Crippen LogP contribution in [0.2, 0.25) is 0 Å². The van der Waals surface area contributed by atoms with Gasteiger partial charge in [0.05, 0.1) is 18.5 Å². The summed E-state index contributed by atoms with van der Waals surface area (Å²) >= 11 is 1.56. The summed E-state index contributed by atoms with van der Waals surface area (Å²) in [6.45, 7) is 4.57. The van der Waals surface area contributed by atoms with Crippen LogP contribution in [0.25, 0.3) is 22.0 Å². The molecule has 0 saturated carbocycles. The molecule has 0 aliphatic carbocycles. The third kappa shape index (κ3) is 3.42. The molecule has 0 N–H and O–H groups in total. The maximum Gasteiger partial charge on any atom is 0.231 e. The second-order valence-corrected chi connectivity index (χ2v) is 7.57. The fourth-order valence-electron chi connectivity index (χ4n) is 3.41. The van der Waals surface area contributed by atoms with Gasteiger partial charge in [-0.25, -0.2) is 4.68 Å². The van der Waals surface area contributed by atoms with E-state index in [0.717, 1.165) is 33.1 Å². The summed E-state index contributed by atoms with van der Waals surface area (Å²) in [5.74, 6) is 1.49. The molecule has 0 amide bonds. The number of ether oxygens (including phenoxy) is 2. The SMILES string of the molecule is C=CCN=c1scc(-c2cccc3ccccc23)n1N=Cc1ccc2c(c1)OCO2. The Labute approximate surface area is 177 Å². The van der Waals surface area contributed by atoms with Crippen LogP contribution in [0.5, 0.6) is 11.5 Å². The molecule has 4 aromatic rings. The predicted molar refractivity (Wildman–Crippen MR) is 121 cm³/mol. The second-order valence-electron chi connectivity index (χ2n) is 6.73. The molecule has 1 aromatic heterocycles. The molecule has 0 bridgehead atoms. The van der Waals surface area contributed by atoms with Crippen molar-refractivity contribution in [1.29, 1.82) is 0 Å². The molecular formula is C24H19N3O2S. The van der Waals surface area contributed by atoms with Crippen molar-refractivity contribution < 1.29 is 9.47 Å². The molecule has 0 unspecified atom stereocenters. The molecule has 5 rings (SSSR count). The molecular weight excluding hydrogens is 394 g/mol. The molecule has 0 spiro atoms. The van der Waals surface area contributed by atoms with Crippen LogP contribution in [-0.4, -0.2) is 24.2 Å². The van der Waals surface area contributed by atoms with Crippen molar-refractivity contribution in [3.8, 4) is 22.8 Å². The summed E-state index contributed by atoms with van der Waals surface area (Å²) in [5, 5.41) is 9.25. The van der Waals surface area contributed by atoms with E-state index in [1.807, 2.05) is 29.1 Å². The molecule has 2 heterocycles. The van der Waals surface area contributed by atoms with E-state index in [1.54, 1.807) is 17.4 Å². The topological polar surface area (TPSA) is 48.1 Å². The molecule has 3 aromatic carbocycles. The monoisotopic (exact) mass is 413 g/mol. The highest BCUT2D eigenvalue weighted by Gasteiger charge is 2.13. The normalized spacial score (nSPS) is 13.4. The fraction of sp³-hybridized carbons (Fsp3) is 0.0833. The van der Waals surface area contributed by atoms with Gasteiger partial charge in [0, 0.05) is 10.9 Å². The number of nitrogens with zero attached hydrogens (tertiary/aromatic N) is 3. The lowest BCUT2D eigenvalue weighted by Crippen LogP contribution is -2.12. The van der Waals surface area contributed by atoms with Gasteiger partial charge in [0.2, 0.25) is 11.6 Å². The van der Waals surface area contributed by atoms with Crippen LogP contribution in [0.1, 0.15) is 5.56 Å². The molecule has 1 aliphatic rings. The molecule has 0 atom stereocenters. The summed E-state index contributed by atoms with van der Waals surface area (Å²) in [7, 11) is 0. The van der Waals surface area contributed by atoms with Gasteiger partial charge in [-0.1, -0.05) is 48.5 Å². The minimum Gasteiger partial charge on any atom is -0.454 e. The fourth-order valence-corrected chi connectivity index (χ4v) is 4.25. The van der Waals surface area contributed by atoms with Crippen LogP contribution >= 0.6 is 11.3 Å². The van der Waals surface area contributed by atoms with E-state index in [1.165, 1.54) is 10.8 Å². The Morgan fingerprint density at radius 3 is 2.83 bits per heavy atom. The van der Waals surface area contributed by atoms with E-state index in [9.17, 15) is 0 Å². The van der Waals surface area contributed by atoms with Crippen LogP contribution in [0, 0.1) is 0 Å². The maximum atomic E-state index is 5.48. The maximum absolute atomic E-state index is 5.48. The molecule has 5 nitrogen and oxygen atoms in total. The lowest BCUT2D eigenvalue weighted by atomic mass is 10.0. The first-order chi connectivity index (χ1) is 14.8. The lowest BCUT2D eigenvalue weighted by molar-refractivity contribution is 0.174. The van der Waals surface area contributed by atoms with Crippen LogP contribution in [0.3, 0.4) is 0 Å². The van der Waals surface area contributed by atoms with Crippen molar-refractivity contribution in [1.82, 2.24) is 4.68 Å². The molecule has 0 radical (unpaired) electrons. The largest absolute Gasteiger partial charge is 0.454 e. The number of aromatic nitrogens is 1. The zero-order valence-corrected chi connectivity index (χ0v) is 17.0. The van der Waals surface area contributed by atoms with Gasteiger partial charge in [-0.2, -0.15) is 5.10 Å². The van der Waals surface area contributed by atoms with Crippen LogP contribution in [0.4, 0.5) is 0 Å². The van der Waals surface area contributed by atoms with Crippen molar-refractivity contribution >= 4 is 28.3 Å². The Balaban J connectivity index is 1.63. The first-order valence-corrected chi connectivity index (χ1v) is 10.5. The van der Waals surface area contributed by atoms with Gasteiger partial charge < -0.3 is 9.47 Å². The van der Waals surface area contributed by atoms with Gasteiger partial charge in [-0.3, -0.25) is 4.99 Å². The van der Waals surface area contributed by atoms with Crippen molar-refractivity contribution in [2.24, 2.45) is 10.1 Å². The third-order valence-corrected chi connectivity index (χ3v) is 5.68.